The maximum atomic E-state index is 12.4. The Morgan fingerprint density at radius 1 is 1.17 bits per heavy atom. The van der Waals surface area contributed by atoms with E-state index in [1.807, 2.05) is 5.10 Å². The van der Waals surface area contributed by atoms with Crippen molar-refractivity contribution in [1.82, 2.24) is 10.2 Å². The van der Waals surface area contributed by atoms with Gasteiger partial charge in [0.05, 0.1) is 5.69 Å². The standard InChI is InChI=1S/C12H11F3N2O/c13-12(14,15)11-7-10(16-17-11)9-3-1-8(2-4-9)5-6-18/h1-4,7,18H,5-6H2,(H,16,17). The van der Waals surface area contributed by atoms with Gasteiger partial charge in [0.1, 0.15) is 5.69 Å². The van der Waals surface area contributed by atoms with Gasteiger partial charge in [-0.2, -0.15) is 18.3 Å². The van der Waals surface area contributed by atoms with Gasteiger partial charge in [0, 0.05) is 12.2 Å². The second kappa shape index (κ2) is 4.81. The summed E-state index contributed by atoms with van der Waals surface area (Å²) in [6, 6.07) is 7.85. The third-order valence-electron chi connectivity index (χ3n) is 2.53. The van der Waals surface area contributed by atoms with Gasteiger partial charge in [-0.1, -0.05) is 24.3 Å². The van der Waals surface area contributed by atoms with Gasteiger partial charge in [-0.3, -0.25) is 5.10 Å². The number of alkyl halides is 3. The van der Waals surface area contributed by atoms with E-state index in [2.05, 4.69) is 5.10 Å². The number of halogens is 3. The van der Waals surface area contributed by atoms with Gasteiger partial charge < -0.3 is 5.11 Å². The smallest absolute Gasteiger partial charge is 0.396 e. The van der Waals surface area contributed by atoms with Crippen LogP contribution in [0.2, 0.25) is 0 Å². The van der Waals surface area contributed by atoms with Crippen LogP contribution in [0.25, 0.3) is 11.3 Å². The van der Waals surface area contributed by atoms with Crippen molar-refractivity contribution in [3.05, 3.63) is 41.6 Å². The summed E-state index contributed by atoms with van der Waals surface area (Å²) in [7, 11) is 0. The van der Waals surface area contributed by atoms with Crippen LogP contribution in [-0.4, -0.2) is 21.9 Å². The summed E-state index contributed by atoms with van der Waals surface area (Å²) in [5.41, 5.74) is 0.908. The molecular formula is C12H11F3N2O. The van der Waals surface area contributed by atoms with Crippen LogP contribution in [0.1, 0.15) is 11.3 Å². The zero-order valence-electron chi connectivity index (χ0n) is 9.33. The van der Waals surface area contributed by atoms with Gasteiger partial charge in [0.2, 0.25) is 0 Å². The number of aliphatic hydroxyl groups excluding tert-OH is 1. The number of hydrogen-bond acceptors (Lipinski definition) is 2. The molecule has 18 heavy (non-hydrogen) atoms. The highest BCUT2D eigenvalue weighted by Crippen LogP contribution is 2.30. The van der Waals surface area contributed by atoms with E-state index in [1.165, 1.54) is 0 Å². The lowest BCUT2D eigenvalue weighted by Gasteiger charge is -2.01. The Bertz CT molecular complexity index is 517. The van der Waals surface area contributed by atoms with Crippen molar-refractivity contribution in [2.45, 2.75) is 12.6 Å². The fraction of sp³-hybridized carbons (Fsp3) is 0.250. The highest BCUT2D eigenvalue weighted by molar-refractivity contribution is 5.59. The van der Waals surface area contributed by atoms with E-state index in [0.29, 0.717) is 12.0 Å². The molecular weight excluding hydrogens is 245 g/mol. The normalized spacial score (nSPS) is 11.8. The largest absolute Gasteiger partial charge is 0.432 e. The number of aliphatic hydroxyl groups is 1. The number of hydrogen-bond donors (Lipinski definition) is 2. The van der Waals surface area contributed by atoms with Gasteiger partial charge in [0.25, 0.3) is 0 Å². The predicted octanol–water partition coefficient (Wildman–Crippen LogP) is 2.63. The van der Waals surface area contributed by atoms with E-state index >= 15 is 0 Å². The van der Waals surface area contributed by atoms with Crippen LogP contribution in [0.15, 0.2) is 30.3 Å². The van der Waals surface area contributed by atoms with Crippen molar-refractivity contribution >= 4 is 0 Å². The first-order valence-corrected chi connectivity index (χ1v) is 5.33. The van der Waals surface area contributed by atoms with Crippen molar-refractivity contribution in [2.24, 2.45) is 0 Å². The highest BCUT2D eigenvalue weighted by Gasteiger charge is 2.33. The molecule has 3 nitrogen and oxygen atoms in total. The first kappa shape index (κ1) is 12.6. The quantitative estimate of drug-likeness (QED) is 0.886. The van der Waals surface area contributed by atoms with Crippen molar-refractivity contribution < 1.29 is 18.3 Å². The minimum Gasteiger partial charge on any atom is -0.396 e. The molecule has 0 radical (unpaired) electrons. The minimum absolute atomic E-state index is 0.0416. The Hall–Kier alpha value is -1.82. The van der Waals surface area contributed by atoms with Crippen molar-refractivity contribution in [1.29, 1.82) is 0 Å². The molecule has 0 saturated carbocycles. The Morgan fingerprint density at radius 2 is 1.83 bits per heavy atom. The van der Waals surface area contributed by atoms with Crippen LogP contribution in [0, 0.1) is 0 Å². The van der Waals surface area contributed by atoms with Crippen LogP contribution in [0.3, 0.4) is 0 Å². The summed E-state index contributed by atoms with van der Waals surface area (Å²) >= 11 is 0. The molecule has 1 aromatic heterocycles. The van der Waals surface area contributed by atoms with E-state index < -0.39 is 11.9 Å². The van der Waals surface area contributed by atoms with Crippen molar-refractivity contribution in [3.8, 4) is 11.3 Å². The molecule has 0 bridgehead atoms. The Kier molecular flexibility index (Phi) is 3.38. The third kappa shape index (κ3) is 2.70. The number of benzene rings is 1. The molecule has 0 atom stereocenters. The molecule has 2 aromatic rings. The summed E-state index contributed by atoms with van der Waals surface area (Å²) < 4.78 is 37.1. The number of H-pyrrole nitrogens is 1. The summed E-state index contributed by atoms with van der Waals surface area (Å²) in [5, 5.41) is 14.4. The second-order valence-corrected chi connectivity index (χ2v) is 3.84. The van der Waals surface area contributed by atoms with Gasteiger partial charge in [-0.15, -0.1) is 0 Å². The summed E-state index contributed by atoms with van der Waals surface area (Å²) in [6.45, 7) is 0.0416. The van der Waals surface area contributed by atoms with Gasteiger partial charge in [-0.05, 0) is 18.1 Å². The topological polar surface area (TPSA) is 48.9 Å². The van der Waals surface area contributed by atoms with Crippen LogP contribution in [-0.2, 0) is 12.6 Å². The molecule has 0 saturated heterocycles. The zero-order valence-corrected chi connectivity index (χ0v) is 9.33. The molecule has 0 fully saturated rings. The maximum absolute atomic E-state index is 12.4. The second-order valence-electron chi connectivity index (χ2n) is 3.84. The van der Waals surface area contributed by atoms with E-state index in [-0.39, 0.29) is 12.3 Å². The lowest BCUT2D eigenvalue weighted by Crippen LogP contribution is -2.04. The highest BCUT2D eigenvalue weighted by atomic mass is 19.4. The molecule has 2 N–H and O–H groups in total. The number of aromatic amines is 1. The number of aromatic nitrogens is 2. The fourth-order valence-corrected chi connectivity index (χ4v) is 1.59. The first-order chi connectivity index (χ1) is 8.50. The maximum Gasteiger partial charge on any atom is 0.432 e. The molecule has 0 aliphatic rings. The number of nitrogens with zero attached hydrogens (tertiary/aromatic N) is 1. The molecule has 1 heterocycles. The minimum atomic E-state index is -4.41. The first-order valence-electron chi connectivity index (χ1n) is 5.33. The molecule has 2 rings (SSSR count). The van der Waals surface area contributed by atoms with Crippen LogP contribution in [0.5, 0.6) is 0 Å². The van der Waals surface area contributed by atoms with Crippen molar-refractivity contribution in [3.63, 3.8) is 0 Å². The van der Waals surface area contributed by atoms with Gasteiger partial charge >= 0.3 is 6.18 Å². The zero-order chi connectivity index (χ0) is 13.2. The fourth-order valence-electron chi connectivity index (χ4n) is 1.59. The molecule has 0 aliphatic heterocycles. The molecule has 0 amide bonds. The predicted molar refractivity (Wildman–Crippen MR) is 59.8 cm³/mol. The van der Waals surface area contributed by atoms with Crippen LogP contribution < -0.4 is 0 Å². The number of nitrogens with one attached hydrogen (secondary N) is 1. The number of rotatable bonds is 3. The van der Waals surface area contributed by atoms with E-state index in [9.17, 15) is 13.2 Å². The molecule has 0 aliphatic carbocycles. The lowest BCUT2D eigenvalue weighted by atomic mass is 10.1. The van der Waals surface area contributed by atoms with Crippen LogP contribution in [0.4, 0.5) is 13.2 Å². The molecule has 1 aromatic carbocycles. The average Bonchev–Trinajstić information content (AvgIpc) is 2.79. The summed E-state index contributed by atoms with van der Waals surface area (Å²) in [5.74, 6) is 0. The van der Waals surface area contributed by atoms with Gasteiger partial charge in [0.15, 0.2) is 0 Å². The lowest BCUT2D eigenvalue weighted by molar-refractivity contribution is -0.141. The molecule has 96 valence electrons. The van der Waals surface area contributed by atoms with Crippen LogP contribution >= 0.6 is 0 Å². The van der Waals surface area contributed by atoms with E-state index in [0.717, 1.165) is 11.6 Å². The SMILES string of the molecule is OCCc1ccc(-c2cc(C(F)(F)F)[nH]n2)cc1. The Morgan fingerprint density at radius 3 is 2.33 bits per heavy atom. The Labute approximate surface area is 101 Å². The monoisotopic (exact) mass is 256 g/mol. The summed E-state index contributed by atoms with van der Waals surface area (Å²) in [6.07, 6.45) is -3.89. The molecule has 6 heteroatoms. The molecule has 0 unspecified atom stereocenters. The van der Waals surface area contributed by atoms with Gasteiger partial charge in [-0.25, -0.2) is 0 Å². The summed E-state index contributed by atoms with van der Waals surface area (Å²) in [4.78, 5) is 0. The Balaban J connectivity index is 2.23. The van der Waals surface area contributed by atoms with Crippen molar-refractivity contribution in [2.75, 3.05) is 6.61 Å². The third-order valence-corrected chi connectivity index (χ3v) is 2.53. The average molecular weight is 256 g/mol. The molecule has 0 spiro atoms. The van der Waals surface area contributed by atoms with E-state index in [4.69, 9.17) is 5.11 Å². The van der Waals surface area contributed by atoms with E-state index in [1.54, 1.807) is 24.3 Å².